The van der Waals surface area contributed by atoms with Crippen LogP contribution in [0.2, 0.25) is 0 Å². The third-order valence-corrected chi connectivity index (χ3v) is 5.46. The minimum Gasteiger partial charge on any atom is -0.326 e. The summed E-state index contributed by atoms with van der Waals surface area (Å²) < 4.78 is 2.00. The van der Waals surface area contributed by atoms with E-state index < -0.39 is 0 Å². The normalized spacial score (nSPS) is 21.3. The average Bonchev–Trinajstić information content (AvgIpc) is 3.15. The predicted molar refractivity (Wildman–Crippen MR) is 100 cm³/mol. The van der Waals surface area contributed by atoms with Gasteiger partial charge in [0.2, 0.25) is 4.96 Å². The molecule has 2 aromatic heterocycles. The van der Waals surface area contributed by atoms with Crippen molar-refractivity contribution in [2.75, 3.05) is 13.1 Å². The van der Waals surface area contributed by atoms with Gasteiger partial charge in [0, 0.05) is 31.6 Å². The Kier molecular flexibility index (Phi) is 4.92. The molecular formula is C17H22ClN5S. The highest BCUT2D eigenvalue weighted by molar-refractivity contribution is 7.16. The number of rotatable bonds is 3. The molecule has 4 rings (SSSR count). The minimum absolute atomic E-state index is 0. The number of hydrogen-bond donors (Lipinski definition) is 1. The molecule has 5 nitrogen and oxygen atoms in total. The van der Waals surface area contributed by atoms with E-state index in [1.807, 2.05) is 11.4 Å². The van der Waals surface area contributed by atoms with Crippen molar-refractivity contribution in [1.29, 1.82) is 0 Å². The molecule has 24 heavy (non-hydrogen) atoms. The maximum atomic E-state index is 6.41. The van der Waals surface area contributed by atoms with E-state index in [1.165, 1.54) is 11.3 Å². The molecule has 1 aliphatic rings. The Morgan fingerprint density at radius 1 is 1.21 bits per heavy atom. The average molecular weight is 364 g/mol. The molecule has 1 saturated heterocycles. The first-order valence-corrected chi connectivity index (χ1v) is 8.78. The van der Waals surface area contributed by atoms with E-state index in [0.717, 1.165) is 35.3 Å². The van der Waals surface area contributed by atoms with E-state index in [0.29, 0.717) is 5.92 Å². The van der Waals surface area contributed by atoms with E-state index in [-0.39, 0.29) is 18.4 Å². The molecule has 0 aliphatic carbocycles. The Bertz CT molecular complexity index is 828. The zero-order chi connectivity index (χ0) is 16.0. The van der Waals surface area contributed by atoms with E-state index >= 15 is 0 Å². The summed E-state index contributed by atoms with van der Waals surface area (Å²) in [4.78, 5) is 8.04. The number of nitrogens with two attached hydrogens (primary N) is 1. The lowest BCUT2D eigenvalue weighted by Gasteiger charge is -2.16. The molecule has 7 heteroatoms. The maximum absolute atomic E-state index is 6.41. The molecule has 0 bridgehead atoms. The van der Waals surface area contributed by atoms with Crippen molar-refractivity contribution in [2.45, 2.75) is 32.4 Å². The Hall–Kier alpha value is -1.47. The van der Waals surface area contributed by atoms with Crippen LogP contribution in [0.1, 0.15) is 27.9 Å². The highest BCUT2D eigenvalue weighted by Crippen LogP contribution is 2.28. The lowest BCUT2D eigenvalue weighted by atomic mass is 9.95. The zero-order valence-corrected chi connectivity index (χ0v) is 15.5. The van der Waals surface area contributed by atoms with E-state index in [2.05, 4.69) is 52.2 Å². The van der Waals surface area contributed by atoms with Gasteiger partial charge in [0.1, 0.15) is 5.01 Å². The van der Waals surface area contributed by atoms with Crippen molar-refractivity contribution in [2.24, 2.45) is 5.73 Å². The van der Waals surface area contributed by atoms with Crippen molar-refractivity contribution in [3.63, 3.8) is 0 Å². The van der Waals surface area contributed by atoms with Crippen molar-refractivity contribution >= 4 is 28.7 Å². The van der Waals surface area contributed by atoms with Crippen LogP contribution in [-0.4, -0.2) is 38.6 Å². The first-order chi connectivity index (χ1) is 11.1. The Morgan fingerprint density at radius 2 is 1.96 bits per heavy atom. The van der Waals surface area contributed by atoms with Crippen molar-refractivity contribution in [1.82, 2.24) is 19.5 Å². The van der Waals surface area contributed by atoms with Crippen LogP contribution in [0.4, 0.5) is 0 Å². The molecule has 2 N–H and O–H groups in total. The van der Waals surface area contributed by atoms with Gasteiger partial charge in [-0.2, -0.15) is 5.10 Å². The number of aromatic nitrogens is 3. The molecule has 1 aliphatic heterocycles. The van der Waals surface area contributed by atoms with Crippen molar-refractivity contribution in [3.05, 3.63) is 52.3 Å². The van der Waals surface area contributed by atoms with Gasteiger partial charge in [-0.1, -0.05) is 41.7 Å². The number of fused-ring (bicyclic) bond motifs is 1. The molecule has 2 atom stereocenters. The maximum Gasteiger partial charge on any atom is 0.212 e. The number of hydrogen-bond acceptors (Lipinski definition) is 5. The van der Waals surface area contributed by atoms with Crippen LogP contribution in [0.15, 0.2) is 30.3 Å². The summed E-state index contributed by atoms with van der Waals surface area (Å²) in [5.74, 6) is 0.400. The quantitative estimate of drug-likeness (QED) is 0.777. The van der Waals surface area contributed by atoms with Crippen LogP contribution in [0, 0.1) is 13.8 Å². The van der Waals surface area contributed by atoms with Gasteiger partial charge in [-0.25, -0.2) is 9.50 Å². The summed E-state index contributed by atoms with van der Waals surface area (Å²) in [6.45, 7) is 6.84. The minimum atomic E-state index is 0. The molecule has 3 aromatic rings. The number of likely N-dealkylation sites (tertiary alicyclic amines) is 1. The van der Waals surface area contributed by atoms with Gasteiger partial charge in [0.05, 0.1) is 11.4 Å². The fraction of sp³-hybridized carbons (Fsp3) is 0.412. The Balaban J connectivity index is 0.00000169. The van der Waals surface area contributed by atoms with E-state index in [4.69, 9.17) is 5.73 Å². The first kappa shape index (κ1) is 17.4. The standard InChI is InChI=1S/C17H21N5S.ClH/c1-11-16(22-17(19-11)23-12(2)20-22)10-21-8-14(15(18)9-21)13-6-4-3-5-7-13;/h3-7,14-15H,8-10,18H2,1-2H3;1H/t14-,15+;/m0./s1. The second-order valence-corrected chi connectivity index (χ2v) is 7.49. The SMILES string of the molecule is Cc1nn2c(CN3C[C@@H](N)[C@H](c4ccccc4)C3)c(C)nc2s1.Cl. The zero-order valence-electron chi connectivity index (χ0n) is 13.8. The van der Waals surface area contributed by atoms with Crippen molar-refractivity contribution in [3.8, 4) is 0 Å². The fourth-order valence-corrected chi connectivity index (χ4v) is 4.28. The van der Waals surface area contributed by atoms with Crippen LogP contribution < -0.4 is 5.73 Å². The van der Waals surface area contributed by atoms with Crippen LogP contribution in [-0.2, 0) is 6.54 Å². The van der Waals surface area contributed by atoms with Gasteiger partial charge >= 0.3 is 0 Å². The van der Waals surface area contributed by atoms with E-state index in [1.54, 1.807) is 11.3 Å². The molecule has 0 radical (unpaired) electrons. The smallest absolute Gasteiger partial charge is 0.212 e. The summed E-state index contributed by atoms with van der Waals surface area (Å²) in [5.41, 5.74) is 10.00. The van der Waals surface area contributed by atoms with Gasteiger partial charge in [-0.15, -0.1) is 12.4 Å². The van der Waals surface area contributed by atoms with Gasteiger partial charge in [0.15, 0.2) is 0 Å². The Labute approximate surface area is 151 Å². The van der Waals surface area contributed by atoms with Crippen LogP contribution in [0.3, 0.4) is 0 Å². The van der Waals surface area contributed by atoms with Gasteiger partial charge in [0.25, 0.3) is 0 Å². The topological polar surface area (TPSA) is 59.5 Å². The van der Waals surface area contributed by atoms with Gasteiger partial charge in [-0.05, 0) is 19.4 Å². The number of aryl methyl sites for hydroxylation is 2. The number of imidazole rings is 1. The summed E-state index contributed by atoms with van der Waals surface area (Å²) in [5, 5.41) is 5.64. The molecule has 0 amide bonds. The molecule has 0 spiro atoms. The molecule has 128 valence electrons. The van der Waals surface area contributed by atoms with Crippen molar-refractivity contribution < 1.29 is 0 Å². The first-order valence-electron chi connectivity index (χ1n) is 7.96. The number of halogens is 1. The summed E-state index contributed by atoms with van der Waals surface area (Å²) in [6.07, 6.45) is 0. The largest absolute Gasteiger partial charge is 0.326 e. The third-order valence-electron chi connectivity index (χ3n) is 4.64. The second-order valence-electron chi connectivity index (χ2n) is 6.33. The Morgan fingerprint density at radius 3 is 2.71 bits per heavy atom. The number of nitrogens with zero attached hydrogens (tertiary/aromatic N) is 4. The summed E-state index contributed by atoms with van der Waals surface area (Å²) in [6, 6.07) is 10.8. The van der Waals surface area contributed by atoms with Crippen LogP contribution in [0.5, 0.6) is 0 Å². The van der Waals surface area contributed by atoms with E-state index in [9.17, 15) is 0 Å². The molecule has 1 aromatic carbocycles. The lowest BCUT2D eigenvalue weighted by molar-refractivity contribution is 0.316. The fourth-order valence-electron chi connectivity index (χ4n) is 3.48. The third kappa shape index (κ3) is 3.07. The second kappa shape index (κ2) is 6.80. The monoisotopic (exact) mass is 363 g/mol. The number of benzene rings is 1. The molecular weight excluding hydrogens is 342 g/mol. The van der Waals surface area contributed by atoms with Gasteiger partial charge in [-0.3, -0.25) is 4.90 Å². The van der Waals surface area contributed by atoms with Crippen LogP contribution in [0.25, 0.3) is 4.96 Å². The molecule has 0 unspecified atom stereocenters. The summed E-state index contributed by atoms with van der Waals surface area (Å²) >= 11 is 1.64. The molecule has 1 fully saturated rings. The van der Waals surface area contributed by atoms with Crippen LogP contribution >= 0.6 is 23.7 Å². The molecule has 3 heterocycles. The molecule has 0 saturated carbocycles. The summed E-state index contributed by atoms with van der Waals surface area (Å²) in [7, 11) is 0. The highest BCUT2D eigenvalue weighted by atomic mass is 35.5. The highest BCUT2D eigenvalue weighted by Gasteiger charge is 2.32. The predicted octanol–water partition coefficient (Wildman–Crippen LogP) is 2.76. The van der Waals surface area contributed by atoms with Gasteiger partial charge < -0.3 is 5.73 Å². The lowest BCUT2D eigenvalue weighted by Crippen LogP contribution is -2.28.